The number of fused-ring (bicyclic) bond motifs is 11. The summed E-state index contributed by atoms with van der Waals surface area (Å²) in [4.78, 5) is 8.25. The van der Waals surface area contributed by atoms with Crippen LogP contribution in [0.25, 0.3) is 31.3 Å². The lowest BCUT2D eigenvalue weighted by Gasteiger charge is -2.51. The van der Waals surface area contributed by atoms with E-state index in [1.54, 1.807) is 0 Å². The van der Waals surface area contributed by atoms with Crippen LogP contribution in [-0.4, -0.2) is 12.3 Å². The van der Waals surface area contributed by atoms with Crippen molar-refractivity contribution >= 4 is 110 Å². The van der Waals surface area contributed by atoms with Crippen molar-refractivity contribution in [2.45, 2.75) is 155 Å². The topological polar surface area (TPSA) is 9.72 Å². The molecular formula is C70H74BN3S2. The highest BCUT2D eigenvalue weighted by Gasteiger charge is 2.58. The molecule has 0 saturated heterocycles. The van der Waals surface area contributed by atoms with Crippen LogP contribution < -0.4 is 29.7 Å². The van der Waals surface area contributed by atoms with E-state index in [-0.39, 0.29) is 39.3 Å². The molecule has 0 amide bonds. The fourth-order valence-corrected chi connectivity index (χ4v) is 16.4. The first-order chi connectivity index (χ1) is 35.9. The first kappa shape index (κ1) is 49.5. The lowest BCUT2D eigenvalue weighted by atomic mass is 9.39. The van der Waals surface area contributed by atoms with Crippen LogP contribution >= 0.6 is 22.7 Å². The number of thiophene rings is 2. The third-order valence-corrected chi connectivity index (χ3v) is 20.9. The number of benzene rings is 7. The summed E-state index contributed by atoms with van der Waals surface area (Å²) >= 11 is 4.03. The molecule has 2 atom stereocenters. The Balaban J connectivity index is 1.17. The molecule has 4 aliphatic rings. The quantitative estimate of drug-likeness (QED) is 0.163. The minimum atomic E-state index is -0.172. The number of hydrogen-bond acceptors (Lipinski definition) is 5. The fraction of sp³-hybridized carbons (Fsp3) is 0.343. The molecule has 76 heavy (non-hydrogen) atoms. The lowest BCUT2D eigenvalue weighted by molar-refractivity contribution is 0.195. The van der Waals surface area contributed by atoms with Crippen LogP contribution in [0.4, 0.5) is 45.5 Å². The van der Waals surface area contributed by atoms with Crippen LogP contribution in [0.15, 0.2) is 146 Å². The maximum absolute atomic E-state index is 2.84. The molecule has 2 unspecified atom stereocenters. The predicted molar refractivity (Wildman–Crippen MR) is 334 cm³/mol. The van der Waals surface area contributed by atoms with Crippen molar-refractivity contribution in [1.29, 1.82) is 0 Å². The molecule has 9 aromatic rings. The van der Waals surface area contributed by atoms with Gasteiger partial charge in [0, 0.05) is 69.3 Å². The molecule has 3 aliphatic heterocycles. The average Bonchev–Trinajstić information content (AvgIpc) is 4.11. The normalized spacial score (nSPS) is 19.2. The Morgan fingerprint density at radius 3 is 1.37 bits per heavy atom. The average molecular weight is 1030 g/mol. The second-order valence-electron chi connectivity index (χ2n) is 27.4. The van der Waals surface area contributed by atoms with Gasteiger partial charge in [0.25, 0.3) is 6.71 Å². The van der Waals surface area contributed by atoms with Crippen molar-refractivity contribution in [1.82, 2.24) is 0 Å². The summed E-state index contributed by atoms with van der Waals surface area (Å²) in [5.41, 5.74) is 20.9. The molecule has 0 bridgehead atoms. The Morgan fingerprint density at radius 1 is 0.434 bits per heavy atom. The Morgan fingerprint density at radius 2 is 0.895 bits per heavy atom. The molecule has 1 fully saturated rings. The zero-order chi connectivity index (χ0) is 53.2. The van der Waals surface area contributed by atoms with E-state index >= 15 is 0 Å². The molecule has 0 N–H and O–H groups in total. The summed E-state index contributed by atoms with van der Waals surface area (Å²) in [5, 5.41) is 2.68. The Kier molecular flexibility index (Phi) is 10.9. The third kappa shape index (κ3) is 7.39. The zero-order valence-corrected chi connectivity index (χ0v) is 49.1. The molecule has 0 radical (unpaired) electrons. The molecule has 13 rings (SSSR count). The van der Waals surface area contributed by atoms with E-state index in [2.05, 4.69) is 257 Å². The first-order valence-corrected chi connectivity index (χ1v) is 29.7. The molecule has 6 heteroatoms. The molecule has 2 aromatic heterocycles. The van der Waals surface area contributed by atoms with Crippen LogP contribution in [-0.2, 0) is 27.1 Å². The van der Waals surface area contributed by atoms with Crippen LogP contribution in [0.2, 0.25) is 0 Å². The van der Waals surface area contributed by atoms with Gasteiger partial charge in [-0.05, 0) is 159 Å². The highest BCUT2D eigenvalue weighted by molar-refractivity contribution is 7.40. The van der Waals surface area contributed by atoms with Crippen LogP contribution in [0.3, 0.4) is 0 Å². The van der Waals surface area contributed by atoms with Crippen LogP contribution in [0, 0.1) is 0 Å². The fourth-order valence-electron chi connectivity index (χ4n) is 13.7. The van der Waals surface area contributed by atoms with E-state index in [0.717, 1.165) is 12.8 Å². The molecule has 7 aromatic carbocycles. The highest BCUT2D eigenvalue weighted by Crippen LogP contribution is 2.63. The summed E-state index contributed by atoms with van der Waals surface area (Å²) in [5.74, 6) is 0. The minimum Gasteiger partial charge on any atom is -0.334 e. The van der Waals surface area contributed by atoms with E-state index in [0.29, 0.717) is 0 Å². The predicted octanol–water partition coefficient (Wildman–Crippen LogP) is 18.8. The van der Waals surface area contributed by atoms with Gasteiger partial charge in [0.05, 0.1) is 16.9 Å². The maximum atomic E-state index is 2.84. The van der Waals surface area contributed by atoms with Gasteiger partial charge in [-0.25, -0.2) is 0 Å². The Hall–Kier alpha value is -6.08. The minimum absolute atomic E-state index is 0.0159. The third-order valence-electron chi connectivity index (χ3n) is 18.4. The van der Waals surface area contributed by atoms with E-state index < -0.39 is 0 Å². The number of rotatable bonds is 4. The standard InChI is InChI=1S/C70H74BN3S2/c1-65(2,3)45-23-29-49(30-24-45)72-56-41-51(74-55-33-22-44(43-20-16-15-17-21-43)38-54(55)69(13)36-18-19-37-70(69,74)14)42-57-60(56)71(63-61(72)52-39-47(67(7,8)9)27-34-58(52)75-63)64-62(53-40-48(68(10,11)12)28-35-59(53)76-64)73(57)50-31-25-46(26-32-50)66(4,5)6/h15-17,20-35,38-42H,18-19,36-37H2,1-14H3. The van der Waals surface area contributed by atoms with E-state index in [4.69, 9.17) is 0 Å². The zero-order valence-electron chi connectivity index (χ0n) is 47.4. The Bertz CT molecular complexity index is 3610. The van der Waals surface area contributed by atoms with Crippen molar-refractivity contribution in [2.24, 2.45) is 0 Å². The molecule has 3 nitrogen and oxygen atoms in total. The van der Waals surface area contributed by atoms with Crippen molar-refractivity contribution in [2.75, 3.05) is 14.7 Å². The molecular weight excluding hydrogens is 958 g/mol. The lowest BCUT2D eigenvalue weighted by Crippen LogP contribution is -2.59. The highest BCUT2D eigenvalue weighted by atomic mass is 32.1. The summed E-state index contributed by atoms with van der Waals surface area (Å²) < 4.78 is 5.55. The summed E-state index contributed by atoms with van der Waals surface area (Å²) in [6.07, 6.45) is 4.72. The number of hydrogen-bond donors (Lipinski definition) is 0. The van der Waals surface area contributed by atoms with Gasteiger partial charge in [-0.2, -0.15) is 0 Å². The van der Waals surface area contributed by atoms with Crippen LogP contribution in [0.5, 0.6) is 0 Å². The molecule has 1 saturated carbocycles. The van der Waals surface area contributed by atoms with Crippen molar-refractivity contribution in [3.05, 3.63) is 173 Å². The Labute approximate surface area is 461 Å². The van der Waals surface area contributed by atoms with Crippen molar-refractivity contribution in [3.8, 4) is 11.1 Å². The van der Waals surface area contributed by atoms with E-state index in [1.807, 2.05) is 22.7 Å². The van der Waals surface area contributed by atoms with E-state index in [9.17, 15) is 0 Å². The first-order valence-electron chi connectivity index (χ1n) is 28.1. The molecule has 384 valence electrons. The van der Waals surface area contributed by atoms with Gasteiger partial charge in [-0.15, -0.1) is 22.7 Å². The second-order valence-corrected chi connectivity index (χ2v) is 29.6. The summed E-state index contributed by atoms with van der Waals surface area (Å²) in [7, 11) is 0. The van der Waals surface area contributed by atoms with Gasteiger partial charge < -0.3 is 14.7 Å². The van der Waals surface area contributed by atoms with E-state index in [1.165, 1.54) is 132 Å². The van der Waals surface area contributed by atoms with Gasteiger partial charge in [0.1, 0.15) is 0 Å². The smallest absolute Gasteiger partial charge is 0.277 e. The SMILES string of the molecule is CC(C)(C)c1ccc(N2c3cc(N4c5ccc(-c6ccccc6)cc5C5(C)CCCCC45C)cc4c3B(c3sc5ccc(C(C)(C)C)cc5c32)c2sc3ccc(C(C)(C)C)cc3c2N4c2ccc(C(C)(C)C)cc2)cc1. The largest absolute Gasteiger partial charge is 0.334 e. The molecule has 1 aliphatic carbocycles. The van der Waals surface area contributed by atoms with Gasteiger partial charge >= 0.3 is 0 Å². The maximum Gasteiger partial charge on any atom is 0.277 e. The second kappa shape index (κ2) is 16.7. The van der Waals surface area contributed by atoms with Gasteiger partial charge in [0.15, 0.2) is 0 Å². The molecule has 0 spiro atoms. The van der Waals surface area contributed by atoms with Gasteiger partial charge in [-0.1, -0.05) is 176 Å². The summed E-state index contributed by atoms with van der Waals surface area (Å²) in [6.45, 7) is 33.4. The monoisotopic (exact) mass is 1030 g/mol. The van der Waals surface area contributed by atoms with Crippen molar-refractivity contribution in [3.63, 3.8) is 0 Å². The van der Waals surface area contributed by atoms with Gasteiger partial charge in [-0.3, -0.25) is 0 Å². The molecule has 5 heterocycles. The van der Waals surface area contributed by atoms with Gasteiger partial charge in [0.2, 0.25) is 0 Å². The number of nitrogens with zero attached hydrogens (tertiary/aromatic N) is 3. The van der Waals surface area contributed by atoms with Crippen molar-refractivity contribution < 1.29 is 0 Å². The van der Waals surface area contributed by atoms with Crippen LogP contribution in [0.1, 0.15) is 150 Å². The summed E-state index contributed by atoms with van der Waals surface area (Å²) in [6, 6.07) is 57.7. The number of anilines is 8.